The van der Waals surface area contributed by atoms with Gasteiger partial charge in [0.25, 0.3) is 0 Å². The number of hydrogen-bond donors (Lipinski definition) is 3. The van der Waals surface area contributed by atoms with Crippen molar-refractivity contribution in [1.82, 2.24) is 0 Å². The van der Waals surface area contributed by atoms with Crippen LogP contribution in [0.15, 0.2) is 12.2 Å². The molecule has 0 amide bonds. The molecule has 0 bridgehead atoms. The molecule has 0 spiro atoms. The van der Waals surface area contributed by atoms with Crippen molar-refractivity contribution in [3.63, 3.8) is 0 Å². The molecule has 156 valence electrons. The second kappa shape index (κ2) is 16.9. The molecule has 0 aromatic heterocycles. The lowest BCUT2D eigenvalue weighted by Gasteiger charge is -2.17. The second-order valence-corrected chi connectivity index (χ2v) is 8.41. The lowest BCUT2D eigenvalue weighted by Crippen LogP contribution is -2.37. The number of allylic oxidation sites excluding steroid dienone is 1. The Hall–Kier alpha value is -0.230. The van der Waals surface area contributed by atoms with Crippen LogP contribution in [0.5, 0.6) is 0 Å². The van der Waals surface area contributed by atoms with Gasteiger partial charge < -0.3 is 15.7 Å². The zero-order valence-corrected chi connectivity index (χ0v) is 17.5. The fourth-order valence-electron chi connectivity index (χ4n) is 2.64. The van der Waals surface area contributed by atoms with Crippen molar-refractivity contribution in [2.45, 2.75) is 96.1 Å². The van der Waals surface area contributed by atoms with Crippen molar-refractivity contribution < 1.29 is 23.6 Å². The average Bonchev–Trinajstić information content (AvgIpc) is 2.63. The highest BCUT2D eigenvalue weighted by Crippen LogP contribution is 2.41. The zero-order chi connectivity index (χ0) is 19.7. The van der Waals surface area contributed by atoms with Gasteiger partial charge in [0, 0.05) is 7.11 Å². The number of hydrogen-bond acceptors (Lipinski definition) is 5. The molecule has 0 aliphatic heterocycles. The van der Waals surface area contributed by atoms with E-state index in [0.29, 0.717) is 0 Å². The first kappa shape index (κ1) is 25.8. The van der Waals surface area contributed by atoms with Gasteiger partial charge in [-0.15, -0.1) is 0 Å². The largest absolute Gasteiger partial charge is 0.471 e. The Morgan fingerprint density at radius 2 is 1.50 bits per heavy atom. The standard InChI is InChI=1S/C19H40NO5P/c1-3-4-5-6-7-8-9-10-11-12-13-14-15-16-19(21)18(20)17-25-26(22,23)24-2/h15-16,18-19,21H,3-14,17,20H2,1-2H3,(H,22,23)/b16-15+/t18-,19+/m1/s1. The second-order valence-electron chi connectivity index (χ2n) is 6.85. The Balaban J connectivity index is 3.52. The maximum absolute atomic E-state index is 11.2. The third-order valence-electron chi connectivity index (χ3n) is 4.41. The van der Waals surface area contributed by atoms with E-state index in [4.69, 9.17) is 10.6 Å². The quantitative estimate of drug-likeness (QED) is 0.177. The minimum atomic E-state index is -4.04. The number of phosphoric acid groups is 1. The first-order valence-electron chi connectivity index (χ1n) is 10.1. The average molecular weight is 394 g/mol. The van der Waals surface area contributed by atoms with Gasteiger partial charge in [0.15, 0.2) is 0 Å². The molecule has 3 atom stereocenters. The maximum atomic E-state index is 11.2. The van der Waals surface area contributed by atoms with Crippen LogP contribution in [0.1, 0.15) is 84.0 Å². The zero-order valence-electron chi connectivity index (χ0n) is 16.6. The van der Waals surface area contributed by atoms with Crippen molar-refractivity contribution in [2.24, 2.45) is 5.73 Å². The van der Waals surface area contributed by atoms with Gasteiger partial charge in [-0.3, -0.25) is 9.05 Å². The van der Waals surface area contributed by atoms with Gasteiger partial charge in [0.2, 0.25) is 0 Å². The summed E-state index contributed by atoms with van der Waals surface area (Å²) in [6, 6.07) is -0.765. The summed E-state index contributed by atoms with van der Waals surface area (Å²) in [6.07, 6.45) is 17.9. The van der Waals surface area contributed by atoms with E-state index in [1.165, 1.54) is 64.2 Å². The Morgan fingerprint density at radius 1 is 1.00 bits per heavy atom. The molecule has 4 N–H and O–H groups in total. The van der Waals surface area contributed by atoms with Crippen LogP contribution in [0.3, 0.4) is 0 Å². The van der Waals surface area contributed by atoms with Crippen molar-refractivity contribution in [1.29, 1.82) is 0 Å². The molecule has 0 radical (unpaired) electrons. The molecule has 0 saturated carbocycles. The molecule has 7 heteroatoms. The molecular weight excluding hydrogens is 353 g/mol. The number of nitrogens with two attached hydrogens (primary N) is 1. The number of unbranched alkanes of at least 4 members (excludes halogenated alkanes) is 11. The van der Waals surface area contributed by atoms with E-state index in [1.54, 1.807) is 6.08 Å². The first-order chi connectivity index (χ1) is 12.4. The number of phosphoric ester groups is 1. The van der Waals surface area contributed by atoms with Crippen molar-refractivity contribution in [3.8, 4) is 0 Å². The predicted octanol–water partition coefficient (Wildman–Crippen LogP) is 4.70. The van der Waals surface area contributed by atoms with Crippen molar-refractivity contribution in [2.75, 3.05) is 13.7 Å². The third-order valence-corrected chi connectivity index (χ3v) is 5.34. The van der Waals surface area contributed by atoms with Crippen LogP contribution in [0.25, 0.3) is 0 Å². The highest BCUT2D eigenvalue weighted by Gasteiger charge is 2.22. The summed E-state index contributed by atoms with van der Waals surface area (Å²) in [6.45, 7) is 2.00. The van der Waals surface area contributed by atoms with Gasteiger partial charge in [-0.1, -0.05) is 83.3 Å². The molecule has 0 aliphatic carbocycles. The SMILES string of the molecule is CCCCCCCCCCCCC/C=C/[C@H](O)[C@H](N)COP(=O)(O)OC. The van der Waals surface area contributed by atoms with Gasteiger partial charge in [-0.05, 0) is 12.8 Å². The van der Waals surface area contributed by atoms with Gasteiger partial charge >= 0.3 is 7.82 Å². The highest BCUT2D eigenvalue weighted by atomic mass is 31.2. The molecule has 0 heterocycles. The Kier molecular flexibility index (Phi) is 16.8. The number of aliphatic hydroxyl groups is 1. The summed E-state index contributed by atoms with van der Waals surface area (Å²) in [5.41, 5.74) is 5.71. The molecule has 0 fully saturated rings. The summed E-state index contributed by atoms with van der Waals surface area (Å²) >= 11 is 0. The van der Waals surface area contributed by atoms with Crippen LogP contribution in [-0.4, -0.2) is 35.9 Å². The van der Waals surface area contributed by atoms with Gasteiger partial charge in [0.1, 0.15) is 0 Å². The Labute approximate surface area is 159 Å². The summed E-state index contributed by atoms with van der Waals surface area (Å²) in [7, 11) is -2.96. The minimum Gasteiger partial charge on any atom is -0.387 e. The smallest absolute Gasteiger partial charge is 0.387 e. The van der Waals surface area contributed by atoms with Crippen LogP contribution in [0.2, 0.25) is 0 Å². The summed E-state index contributed by atoms with van der Waals surface area (Å²) in [4.78, 5) is 9.11. The molecular formula is C19H40NO5P. The number of rotatable bonds is 18. The van der Waals surface area contributed by atoms with Crippen LogP contribution in [0.4, 0.5) is 0 Å². The van der Waals surface area contributed by atoms with E-state index < -0.39 is 20.0 Å². The molecule has 26 heavy (non-hydrogen) atoms. The lowest BCUT2D eigenvalue weighted by molar-refractivity contribution is 0.121. The van der Waals surface area contributed by atoms with E-state index in [2.05, 4.69) is 16.0 Å². The monoisotopic (exact) mass is 393 g/mol. The van der Waals surface area contributed by atoms with Crippen LogP contribution in [0, 0.1) is 0 Å². The van der Waals surface area contributed by atoms with Gasteiger partial charge in [0.05, 0.1) is 18.8 Å². The fraction of sp³-hybridized carbons (Fsp3) is 0.895. The summed E-state index contributed by atoms with van der Waals surface area (Å²) in [5, 5.41) is 9.86. The van der Waals surface area contributed by atoms with E-state index in [0.717, 1.165) is 20.0 Å². The molecule has 1 unspecified atom stereocenters. The molecule has 0 aromatic rings. The predicted molar refractivity (Wildman–Crippen MR) is 107 cm³/mol. The molecule has 0 rings (SSSR count). The summed E-state index contributed by atoms with van der Waals surface area (Å²) < 4.78 is 20.1. The van der Waals surface area contributed by atoms with Crippen molar-refractivity contribution >= 4 is 7.82 Å². The summed E-state index contributed by atoms with van der Waals surface area (Å²) in [5.74, 6) is 0. The molecule has 6 nitrogen and oxygen atoms in total. The van der Waals surface area contributed by atoms with Crippen LogP contribution in [-0.2, 0) is 13.6 Å². The van der Waals surface area contributed by atoms with E-state index in [9.17, 15) is 9.67 Å². The molecule has 0 aromatic carbocycles. The Bertz CT molecular complexity index is 392. The lowest BCUT2D eigenvalue weighted by atomic mass is 10.0. The van der Waals surface area contributed by atoms with Crippen LogP contribution >= 0.6 is 7.82 Å². The Morgan fingerprint density at radius 3 is 2.00 bits per heavy atom. The number of aliphatic hydroxyl groups excluding tert-OH is 1. The maximum Gasteiger partial charge on any atom is 0.471 e. The van der Waals surface area contributed by atoms with Crippen molar-refractivity contribution in [3.05, 3.63) is 12.2 Å². The highest BCUT2D eigenvalue weighted by molar-refractivity contribution is 7.47. The van der Waals surface area contributed by atoms with Crippen LogP contribution < -0.4 is 5.73 Å². The van der Waals surface area contributed by atoms with E-state index in [1.807, 2.05) is 6.08 Å². The fourth-order valence-corrected chi connectivity index (χ4v) is 3.10. The van der Waals surface area contributed by atoms with Gasteiger partial charge in [-0.2, -0.15) is 0 Å². The molecule has 0 saturated heterocycles. The van der Waals surface area contributed by atoms with E-state index >= 15 is 0 Å². The molecule has 0 aliphatic rings. The van der Waals surface area contributed by atoms with E-state index in [-0.39, 0.29) is 6.61 Å². The normalized spacial score (nSPS) is 16.7. The minimum absolute atomic E-state index is 0.244. The topological polar surface area (TPSA) is 102 Å². The first-order valence-corrected chi connectivity index (χ1v) is 11.6. The van der Waals surface area contributed by atoms with Gasteiger partial charge in [-0.25, -0.2) is 4.57 Å². The third kappa shape index (κ3) is 16.0.